The molecule has 178 valence electrons. The number of ether oxygens (including phenoxy) is 1. The molecule has 2 aromatic carbocycles. The number of fused-ring (bicyclic) bond motifs is 3. The highest BCUT2D eigenvalue weighted by Gasteiger charge is 2.56. The first-order valence-electron chi connectivity index (χ1n) is 12.0. The minimum absolute atomic E-state index is 0.0130. The molecular weight excluding hydrogens is 443 g/mol. The topological polar surface area (TPSA) is 108 Å². The van der Waals surface area contributed by atoms with Gasteiger partial charge >= 0.3 is 13.2 Å². The Morgan fingerprint density at radius 2 is 1.94 bits per heavy atom. The third-order valence-corrected chi connectivity index (χ3v) is 6.97. The van der Waals surface area contributed by atoms with Crippen LogP contribution in [0.4, 0.5) is 10.5 Å². The molecular formula is C26H27BN4O4. The molecule has 1 amide bonds. The van der Waals surface area contributed by atoms with Crippen molar-refractivity contribution in [3.8, 4) is 11.3 Å². The molecule has 0 spiro atoms. The van der Waals surface area contributed by atoms with Gasteiger partial charge in [0.1, 0.15) is 5.60 Å². The van der Waals surface area contributed by atoms with Crippen molar-refractivity contribution in [1.29, 1.82) is 0 Å². The Kier molecular flexibility index (Phi) is 4.98. The zero-order chi connectivity index (χ0) is 24.5. The summed E-state index contributed by atoms with van der Waals surface area (Å²) >= 11 is 0. The number of nitrogens with zero attached hydrogens (tertiary/aromatic N) is 4. The zero-order valence-electron chi connectivity index (χ0n) is 20.0. The molecule has 1 saturated heterocycles. The van der Waals surface area contributed by atoms with Gasteiger partial charge in [-0.05, 0) is 74.8 Å². The van der Waals surface area contributed by atoms with Crippen LogP contribution in [0.25, 0.3) is 22.3 Å². The van der Waals surface area contributed by atoms with Gasteiger partial charge in [-0.15, -0.1) is 0 Å². The Hall–Kier alpha value is -3.30. The number of hydrogen-bond donors (Lipinski definition) is 2. The van der Waals surface area contributed by atoms with E-state index < -0.39 is 12.7 Å². The van der Waals surface area contributed by atoms with Crippen LogP contribution in [0.2, 0.25) is 0 Å². The summed E-state index contributed by atoms with van der Waals surface area (Å²) in [5, 5.41) is 18.8. The summed E-state index contributed by atoms with van der Waals surface area (Å²) in [6.07, 6.45) is 4.16. The highest BCUT2D eigenvalue weighted by molar-refractivity contribution is 6.58. The number of hydrogen-bond acceptors (Lipinski definition) is 7. The van der Waals surface area contributed by atoms with Crippen molar-refractivity contribution in [3.63, 3.8) is 0 Å². The Labute approximate surface area is 203 Å². The number of aliphatic imine (C=N–C) groups is 1. The number of benzene rings is 2. The van der Waals surface area contributed by atoms with Crippen LogP contribution < -0.4 is 5.46 Å². The van der Waals surface area contributed by atoms with Gasteiger partial charge in [0.15, 0.2) is 0 Å². The first-order valence-corrected chi connectivity index (χ1v) is 12.0. The minimum Gasteiger partial charge on any atom is -0.444 e. The van der Waals surface area contributed by atoms with Crippen LogP contribution >= 0.6 is 0 Å². The van der Waals surface area contributed by atoms with Gasteiger partial charge in [0.05, 0.1) is 34.7 Å². The summed E-state index contributed by atoms with van der Waals surface area (Å²) in [7, 11) is -1.54. The molecule has 0 bridgehead atoms. The van der Waals surface area contributed by atoms with Gasteiger partial charge in [0.2, 0.25) is 0 Å². The number of aromatic nitrogens is 2. The molecule has 0 unspecified atom stereocenters. The second-order valence-electron chi connectivity index (χ2n) is 10.7. The van der Waals surface area contributed by atoms with E-state index in [1.54, 1.807) is 24.4 Å². The number of likely N-dealkylation sites (tertiary alicyclic amines) is 1. The first kappa shape index (κ1) is 22.2. The average molecular weight is 470 g/mol. The van der Waals surface area contributed by atoms with Crippen molar-refractivity contribution in [3.05, 3.63) is 48.2 Å². The number of carbonyl (C=O) groups excluding carboxylic acids is 1. The van der Waals surface area contributed by atoms with Crippen molar-refractivity contribution < 1.29 is 19.6 Å². The van der Waals surface area contributed by atoms with Gasteiger partial charge < -0.3 is 14.8 Å². The Bertz CT molecular complexity index is 1380. The molecule has 3 aromatic rings. The summed E-state index contributed by atoms with van der Waals surface area (Å²) in [4.78, 5) is 29.0. The summed E-state index contributed by atoms with van der Waals surface area (Å²) in [5.74, 6) is 0.551. The Morgan fingerprint density at radius 1 is 1.11 bits per heavy atom. The summed E-state index contributed by atoms with van der Waals surface area (Å²) in [6.45, 7) is 5.69. The van der Waals surface area contributed by atoms with E-state index in [-0.39, 0.29) is 18.2 Å². The maximum Gasteiger partial charge on any atom is 0.488 e. The van der Waals surface area contributed by atoms with Crippen molar-refractivity contribution in [2.45, 2.75) is 57.7 Å². The number of piperidine rings is 1. The van der Waals surface area contributed by atoms with Gasteiger partial charge in [-0.2, -0.15) is 0 Å². The summed E-state index contributed by atoms with van der Waals surface area (Å²) in [5.41, 5.74) is 5.90. The van der Waals surface area contributed by atoms with Gasteiger partial charge in [0, 0.05) is 23.7 Å². The summed E-state index contributed by atoms with van der Waals surface area (Å²) < 4.78 is 5.71. The molecule has 9 heteroatoms. The van der Waals surface area contributed by atoms with Crippen LogP contribution in [0.1, 0.15) is 39.2 Å². The molecule has 6 rings (SSSR count). The molecule has 1 aliphatic carbocycles. The fraction of sp³-hybridized carbons (Fsp3) is 0.385. The lowest BCUT2D eigenvalue weighted by molar-refractivity contribution is 0.0230. The highest BCUT2D eigenvalue weighted by Crippen LogP contribution is 2.50. The van der Waals surface area contributed by atoms with Crippen LogP contribution in [-0.2, 0) is 11.2 Å². The van der Waals surface area contributed by atoms with Gasteiger partial charge in [-0.3, -0.25) is 14.9 Å². The molecule has 2 fully saturated rings. The monoisotopic (exact) mass is 470 g/mol. The highest BCUT2D eigenvalue weighted by atomic mass is 16.6. The van der Waals surface area contributed by atoms with Gasteiger partial charge in [-0.25, -0.2) is 9.78 Å². The van der Waals surface area contributed by atoms with Gasteiger partial charge in [0.25, 0.3) is 0 Å². The normalized spacial score (nSPS) is 22.6. The smallest absolute Gasteiger partial charge is 0.444 e. The molecule has 1 aromatic heterocycles. The lowest BCUT2D eigenvalue weighted by Gasteiger charge is -2.30. The third kappa shape index (κ3) is 4.08. The maximum atomic E-state index is 12.9. The van der Waals surface area contributed by atoms with E-state index >= 15 is 0 Å². The molecule has 8 nitrogen and oxygen atoms in total. The third-order valence-electron chi connectivity index (χ3n) is 6.97. The second kappa shape index (κ2) is 7.86. The van der Waals surface area contributed by atoms with E-state index in [1.165, 1.54) is 0 Å². The van der Waals surface area contributed by atoms with E-state index in [0.29, 0.717) is 28.8 Å². The predicted octanol–water partition coefficient (Wildman–Crippen LogP) is 3.00. The molecule has 35 heavy (non-hydrogen) atoms. The predicted molar refractivity (Wildman–Crippen MR) is 134 cm³/mol. The van der Waals surface area contributed by atoms with Crippen molar-refractivity contribution in [2.75, 3.05) is 0 Å². The van der Waals surface area contributed by atoms with Gasteiger partial charge in [-0.1, -0.05) is 12.1 Å². The average Bonchev–Trinajstić information content (AvgIpc) is 3.25. The molecule has 3 heterocycles. The van der Waals surface area contributed by atoms with Crippen molar-refractivity contribution in [2.24, 2.45) is 10.9 Å². The second-order valence-corrected chi connectivity index (χ2v) is 10.7. The molecule has 2 N–H and O–H groups in total. The fourth-order valence-electron chi connectivity index (χ4n) is 5.24. The van der Waals surface area contributed by atoms with E-state index in [1.807, 2.05) is 37.8 Å². The van der Waals surface area contributed by atoms with E-state index in [2.05, 4.69) is 11.1 Å². The fourth-order valence-corrected chi connectivity index (χ4v) is 5.24. The molecule has 1 saturated carbocycles. The maximum absolute atomic E-state index is 12.9. The summed E-state index contributed by atoms with van der Waals surface area (Å²) in [6, 6.07) is 11.4. The first-order chi connectivity index (χ1) is 16.7. The van der Waals surface area contributed by atoms with Crippen LogP contribution in [0.3, 0.4) is 0 Å². The van der Waals surface area contributed by atoms with Crippen molar-refractivity contribution >= 4 is 41.1 Å². The Balaban J connectivity index is 1.23. The zero-order valence-corrected chi connectivity index (χ0v) is 20.0. The quantitative estimate of drug-likeness (QED) is 0.570. The SMILES string of the molecule is CC(C)(C)OC(=O)N1[C@@H]2C[C@@H]2C[C@H]1C1=Nc2ccc(-c3cnc4cc(B(O)O)ccc4n3)cc2C1. The lowest BCUT2D eigenvalue weighted by atomic mass is 9.80. The lowest BCUT2D eigenvalue weighted by Crippen LogP contribution is -2.45. The largest absolute Gasteiger partial charge is 0.488 e. The molecule has 3 atom stereocenters. The Morgan fingerprint density at radius 3 is 2.71 bits per heavy atom. The molecule has 3 aliphatic rings. The molecule has 2 aliphatic heterocycles. The minimum atomic E-state index is -1.54. The van der Waals surface area contributed by atoms with Crippen LogP contribution in [0, 0.1) is 5.92 Å². The van der Waals surface area contributed by atoms with E-state index in [4.69, 9.17) is 14.7 Å². The molecule has 0 radical (unpaired) electrons. The van der Waals surface area contributed by atoms with E-state index in [0.717, 1.165) is 41.1 Å². The van der Waals surface area contributed by atoms with Crippen molar-refractivity contribution in [1.82, 2.24) is 14.9 Å². The van der Waals surface area contributed by atoms with Crippen LogP contribution in [0.15, 0.2) is 47.6 Å². The van der Waals surface area contributed by atoms with Crippen LogP contribution in [-0.4, -0.2) is 61.5 Å². The van der Waals surface area contributed by atoms with Crippen LogP contribution in [0.5, 0.6) is 0 Å². The number of amides is 1. The van der Waals surface area contributed by atoms with E-state index in [9.17, 15) is 14.8 Å². The number of rotatable bonds is 3. The standard InChI is InChI=1S/C26H27BN4O4/c1-26(2,3)35-25(32)31-23-10-16(23)11-24(31)21-9-15-8-14(4-6-18(15)29-21)22-13-28-20-12-17(27(33)34)5-7-19(20)30-22/h4-8,12-13,16,23-24,33-34H,9-11H2,1-3H3/t16-,23-,24+/m1/s1. The number of carbonyl (C=O) groups is 1.